The van der Waals surface area contributed by atoms with Crippen molar-refractivity contribution < 1.29 is 9.53 Å². The molecule has 140 valence electrons. The Kier molecular flexibility index (Phi) is 4.48. The first-order chi connectivity index (χ1) is 13.0. The Labute approximate surface area is 157 Å². The van der Waals surface area contributed by atoms with Gasteiger partial charge in [-0.25, -0.2) is 0 Å². The number of carbonyl (C=O) groups is 1. The maximum atomic E-state index is 12.9. The van der Waals surface area contributed by atoms with Gasteiger partial charge >= 0.3 is 0 Å². The molecule has 27 heavy (non-hydrogen) atoms. The van der Waals surface area contributed by atoms with E-state index in [-0.39, 0.29) is 17.6 Å². The maximum Gasteiger partial charge on any atom is 0.256 e. The van der Waals surface area contributed by atoms with E-state index in [1.165, 1.54) is 6.07 Å². The monoisotopic (exact) mass is 365 g/mol. The number of carbonyl (C=O) groups excluding carboxylic acids is 1. The second kappa shape index (κ2) is 6.95. The number of amides is 1. The number of hydrogen-bond donors (Lipinski definition) is 1. The molecule has 4 rings (SSSR count). The van der Waals surface area contributed by atoms with Gasteiger partial charge in [0.15, 0.2) is 0 Å². The number of benzene rings is 1. The Morgan fingerprint density at radius 2 is 1.93 bits per heavy atom. The molecule has 1 fully saturated rings. The van der Waals surface area contributed by atoms with Crippen LogP contribution < -0.4 is 10.3 Å². The Morgan fingerprint density at radius 1 is 1.19 bits per heavy atom. The van der Waals surface area contributed by atoms with Crippen LogP contribution in [0.3, 0.4) is 0 Å². The first kappa shape index (κ1) is 17.4. The molecular weight excluding hydrogens is 342 g/mol. The number of nitrogens with zero attached hydrogens (tertiary/aromatic N) is 2. The lowest BCUT2D eigenvalue weighted by atomic mass is 10.1. The highest BCUT2D eigenvalue weighted by molar-refractivity contribution is 6.06. The molecule has 0 spiro atoms. The fourth-order valence-corrected chi connectivity index (χ4v) is 3.59. The third-order valence-electron chi connectivity index (χ3n) is 5.33. The van der Waals surface area contributed by atoms with E-state index >= 15 is 0 Å². The molecule has 6 nitrogen and oxygen atoms in total. The van der Waals surface area contributed by atoms with E-state index in [4.69, 9.17) is 4.74 Å². The van der Waals surface area contributed by atoms with Crippen LogP contribution in [0.15, 0.2) is 47.4 Å². The van der Waals surface area contributed by atoms with E-state index in [9.17, 15) is 9.59 Å². The molecule has 1 amide bonds. The number of aromatic nitrogens is 2. The van der Waals surface area contributed by atoms with Crippen molar-refractivity contribution in [2.75, 3.05) is 13.1 Å². The molecule has 1 N–H and O–H groups in total. The van der Waals surface area contributed by atoms with Crippen molar-refractivity contribution in [3.8, 4) is 5.75 Å². The fourth-order valence-electron chi connectivity index (χ4n) is 3.59. The summed E-state index contributed by atoms with van der Waals surface area (Å²) in [5.41, 5.74) is 2.48. The van der Waals surface area contributed by atoms with Crippen molar-refractivity contribution in [2.45, 2.75) is 25.9 Å². The predicted octanol–water partition coefficient (Wildman–Crippen LogP) is 2.86. The molecule has 0 atom stereocenters. The fraction of sp³-hybridized carbons (Fsp3) is 0.333. The number of hydrogen-bond acceptors (Lipinski definition) is 3. The summed E-state index contributed by atoms with van der Waals surface area (Å²) in [5.74, 6) is 0.660. The molecule has 1 aromatic carbocycles. The molecule has 6 heteroatoms. The van der Waals surface area contributed by atoms with Crippen LogP contribution in [0.2, 0.25) is 0 Å². The van der Waals surface area contributed by atoms with Crippen LogP contribution in [0.4, 0.5) is 0 Å². The second-order valence-corrected chi connectivity index (χ2v) is 7.09. The van der Waals surface area contributed by atoms with Gasteiger partial charge in [-0.1, -0.05) is 18.2 Å². The van der Waals surface area contributed by atoms with Crippen LogP contribution in [0.5, 0.6) is 5.75 Å². The van der Waals surface area contributed by atoms with Crippen LogP contribution >= 0.6 is 0 Å². The van der Waals surface area contributed by atoms with Crippen LogP contribution in [0.25, 0.3) is 10.9 Å². The van der Waals surface area contributed by atoms with Crippen molar-refractivity contribution in [1.29, 1.82) is 0 Å². The Bertz CT molecular complexity index is 1040. The van der Waals surface area contributed by atoms with Gasteiger partial charge in [0.25, 0.3) is 11.5 Å². The lowest BCUT2D eigenvalue weighted by Gasteiger charge is -2.32. The standard InChI is InChI=1S/C21H23N3O3/c1-14-11-16(12-20(25)23(14)2)27-15-7-9-24(10-8-15)21(26)18-13-22-19-6-4-3-5-17(18)19/h3-6,11-13,15,22H,7-10H2,1-2H3. The zero-order chi connectivity index (χ0) is 19.0. The second-order valence-electron chi connectivity index (χ2n) is 7.09. The molecular formula is C21H23N3O3. The van der Waals surface area contributed by atoms with Gasteiger partial charge in [0.1, 0.15) is 11.9 Å². The smallest absolute Gasteiger partial charge is 0.256 e. The van der Waals surface area contributed by atoms with Crippen molar-refractivity contribution in [1.82, 2.24) is 14.5 Å². The molecule has 3 aromatic rings. The van der Waals surface area contributed by atoms with Crippen LogP contribution in [0, 0.1) is 6.92 Å². The molecule has 3 heterocycles. The van der Waals surface area contributed by atoms with Crippen molar-refractivity contribution in [3.63, 3.8) is 0 Å². The van der Waals surface area contributed by atoms with E-state index < -0.39 is 0 Å². The summed E-state index contributed by atoms with van der Waals surface area (Å²) in [7, 11) is 1.75. The number of H-pyrrole nitrogens is 1. The van der Waals surface area contributed by atoms with Gasteiger partial charge in [-0.05, 0) is 19.1 Å². The molecule has 0 bridgehead atoms. The quantitative estimate of drug-likeness (QED) is 0.776. The summed E-state index contributed by atoms with van der Waals surface area (Å²) in [6, 6.07) is 11.2. The highest BCUT2D eigenvalue weighted by atomic mass is 16.5. The topological polar surface area (TPSA) is 67.3 Å². The van der Waals surface area contributed by atoms with Gasteiger partial charge in [0.05, 0.1) is 5.56 Å². The van der Waals surface area contributed by atoms with Gasteiger partial charge in [-0.3, -0.25) is 9.59 Å². The molecule has 1 saturated heterocycles. The minimum atomic E-state index is -0.0723. The van der Waals surface area contributed by atoms with Gasteiger partial charge in [-0.15, -0.1) is 0 Å². The summed E-state index contributed by atoms with van der Waals surface area (Å²) < 4.78 is 7.60. The number of piperidine rings is 1. The number of pyridine rings is 1. The van der Waals surface area contributed by atoms with E-state index in [1.807, 2.05) is 42.2 Å². The number of aryl methyl sites for hydroxylation is 1. The maximum absolute atomic E-state index is 12.9. The highest BCUT2D eigenvalue weighted by Gasteiger charge is 2.26. The predicted molar refractivity (Wildman–Crippen MR) is 104 cm³/mol. The van der Waals surface area contributed by atoms with Gasteiger partial charge in [0, 0.05) is 61.8 Å². The minimum Gasteiger partial charge on any atom is -0.490 e. The number of fused-ring (bicyclic) bond motifs is 1. The number of likely N-dealkylation sites (tertiary alicyclic amines) is 1. The number of aromatic amines is 1. The van der Waals surface area contributed by atoms with Crippen molar-refractivity contribution in [3.05, 3.63) is 64.2 Å². The summed E-state index contributed by atoms with van der Waals surface area (Å²) in [5, 5.41) is 0.955. The van der Waals surface area contributed by atoms with Crippen LogP contribution in [-0.4, -0.2) is 39.6 Å². The van der Waals surface area contributed by atoms with E-state index in [0.29, 0.717) is 24.4 Å². The molecule has 0 unspecified atom stereocenters. The zero-order valence-corrected chi connectivity index (χ0v) is 15.6. The average Bonchev–Trinajstić information content (AvgIpc) is 3.10. The molecule has 1 aliphatic heterocycles. The number of para-hydroxylation sites is 1. The van der Waals surface area contributed by atoms with Gasteiger partial charge < -0.3 is 19.2 Å². The lowest BCUT2D eigenvalue weighted by Crippen LogP contribution is -2.41. The molecule has 2 aromatic heterocycles. The van der Waals surface area contributed by atoms with E-state index in [2.05, 4.69) is 4.98 Å². The third kappa shape index (κ3) is 3.35. The number of rotatable bonds is 3. The van der Waals surface area contributed by atoms with Crippen molar-refractivity contribution in [2.24, 2.45) is 7.05 Å². The SMILES string of the molecule is Cc1cc(OC2CCN(C(=O)c3c[nH]c4ccccc34)CC2)cc(=O)n1C. The minimum absolute atomic E-state index is 0.0172. The molecule has 1 aliphatic rings. The Balaban J connectivity index is 1.41. The van der Waals surface area contributed by atoms with Crippen LogP contribution in [0.1, 0.15) is 28.9 Å². The van der Waals surface area contributed by atoms with Gasteiger partial charge in [-0.2, -0.15) is 0 Å². The summed E-state index contributed by atoms with van der Waals surface area (Å²) >= 11 is 0. The first-order valence-corrected chi connectivity index (χ1v) is 9.22. The van der Waals surface area contributed by atoms with Crippen molar-refractivity contribution >= 4 is 16.8 Å². The lowest BCUT2D eigenvalue weighted by molar-refractivity contribution is 0.0597. The van der Waals surface area contributed by atoms with E-state index in [0.717, 1.165) is 29.4 Å². The molecule has 0 aliphatic carbocycles. The highest BCUT2D eigenvalue weighted by Crippen LogP contribution is 2.23. The summed E-state index contributed by atoms with van der Waals surface area (Å²) in [4.78, 5) is 29.8. The Morgan fingerprint density at radius 3 is 2.67 bits per heavy atom. The van der Waals surface area contributed by atoms with E-state index in [1.54, 1.807) is 17.8 Å². The largest absolute Gasteiger partial charge is 0.490 e. The zero-order valence-electron chi connectivity index (χ0n) is 15.6. The summed E-state index contributed by atoms with van der Waals surface area (Å²) in [6.07, 6.45) is 3.31. The van der Waals surface area contributed by atoms with Crippen LogP contribution in [-0.2, 0) is 7.05 Å². The average molecular weight is 365 g/mol. The van der Waals surface area contributed by atoms with Gasteiger partial charge in [0.2, 0.25) is 0 Å². The molecule has 0 radical (unpaired) electrons. The Hall–Kier alpha value is -3.02. The first-order valence-electron chi connectivity index (χ1n) is 9.22. The molecule has 0 saturated carbocycles. The normalized spacial score (nSPS) is 15.3. The third-order valence-corrected chi connectivity index (χ3v) is 5.33. The summed E-state index contributed by atoms with van der Waals surface area (Å²) in [6.45, 7) is 3.18. The number of nitrogens with one attached hydrogen (secondary N) is 1. The number of ether oxygens (including phenoxy) is 1.